The van der Waals surface area contributed by atoms with Gasteiger partial charge < -0.3 is 10.1 Å². The molecule has 30 heavy (non-hydrogen) atoms. The highest BCUT2D eigenvalue weighted by molar-refractivity contribution is 6.24. The van der Waals surface area contributed by atoms with Gasteiger partial charge in [0, 0.05) is 18.5 Å². The molecule has 0 heterocycles. The molecule has 0 atom stereocenters. The second kappa shape index (κ2) is 11.7. The van der Waals surface area contributed by atoms with Crippen molar-refractivity contribution in [2.24, 2.45) is 0 Å². The van der Waals surface area contributed by atoms with E-state index in [4.69, 9.17) is 9.94 Å². The first-order valence-corrected chi connectivity index (χ1v) is 9.47. The molecule has 0 aromatic heterocycles. The van der Waals surface area contributed by atoms with E-state index < -0.39 is 17.5 Å². The molecular weight excluding hydrogens is 394 g/mol. The van der Waals surface area contributed by atoms with Gasteiger partial charge >= 0.3 is 0 Å². The number of methoxy groups -OCH3 is 1. The Morgan fingerprint density at radius 1 is 1.07 bits per heavy atom. The zero-order chi connectivity index (χ0) is 21.9. The average molecular weight is 418 g/mol. The van der Waals surface area contributed by atoms with Crippen LogP contribution in [0.1, 0.15) is 36.8 Å². The molecule has 0 unspecified atom stereocenters. The van der Waals surface area contributed by atoms with Gasteiger partial charge in [-0.2, -0.15) is 0 Å². The molecular formula is C22H24F2N2O4. The molecule has 2 amide bonds. The van der Waals surface area contributed by atoms with Crippen LogP contribution in [0, 0.1) is 11.6 Å². The van der Waals surface area contributed by atoms with Crippen LogP contribution in [-0.2, 0) is 9.59 Å². The van der Waals surface area contributed by atoms with Gasteiger partial charge in [0.25, 0.3) is 5.91 Å². The summed E-state index contributed by atoms with van der Waals surface area (Å²) in [7, 11) is 1.35. The second-order valence-corrected chi connectivity index (χ2v) is 6.56. The summed E-state index contributed by atoms with van der Waals surface area (Å²) >= 11 is 0. The van der Waals surface area contributed by atoms with Crippen LogP contribution in [-0.4, -0.2) is 30.7 Å². The van der Waals surface area contributed by atoms with Crippen molar-refractivity contribution < 1.29 is 28.3 Å². The van der Waals surface area contributed by atoms with Crippen LogP contribution >= 0.6 is 0 Å². The minimum absolute atomic E-state index is 0.0505. The van der Waals surface area contributed by atoms with Crippen LogP contribution in [0.25, 0.3) is 11.6 Å². The molecule has 2 aromatic rings. The van der Waals surface area contributed by atoms with E-state index in [0.29, 0.717) is 42.5 Å². The third-order valence-electron chi connectivity index (χ3n) is 4.38. The topological polar surface area (TPSA) is 87.7 Å². The molecule has 0 aliphatic heterocycles. The van der Waals surface area contributed by atoms with E-state index in [0.717, 1.165) is 0 Å². The quantitative estimate of drug-likeness (QED) is 0.181. The molecule has 0 spiro atoms. The number of hydrogen-bond acceptors (Lipinski definition) is 4. The van der Waals surface area contributed by atoms with E-state index in [1.165, 1.54) is 49.6 Å². The average Bonchev–Trinajstić information content (AvgIpc) is 2.75. The normalized spacial score (nSPS) is 11.1. The fourth-order valence-electron chi connectivity index (χ4n) is 2.78. The van der Waals surface area contributed by atoms with Crippen molar-refractivity contribution >= 4 is 23.5 Å². The Morgan fingerprint density at radius 2 is 1.80 bits per heavy atom. The number of nitrogens with one attached hydrogen (secondary N) is 2. The van der Waals surface area contributed by atoms with Crippen molar-refractivity contribution in [2.75, 3.05) is 13.7 Å². The molecule has 0 aliphatic rings. The Kier molecular flexibility index (Phi) is 8.96. The van der Waals surface area contributed by atoms with E-state index >= 15 is 0 Å². The summed E-state index contributed by atoms with van der Waals surface area (Å²) in [5, 5.41) is 11.3. The predicted molar refractivity (Wildman–Crippen MR) is 109 cm³/mol. The number of carbonyl (C=O) groups is 2. The maximum absolute atomic E-state index is 13.7. The third-order valence-corrected chi connectivity index (χ3v) is 4.38. The molecule has 2 aromatic carbocycles. The summed E-state index contributed by atoms with van der Waals surface area (Å²) in [6.07, 6.45) is 3.70. The molecule has 0 aliphatic carbocycles. The van der Waals surface area contributed by atoms with Gasteiger partial charge in [-0.1, -0.05) is 24.6 Å². The number of unbranched alkanes of at least 4 members (excludes halogenated alkanes) is 2. The minimum atomic E-state index is -0.516. The van der Waals surface area contributed by atoms with Crippen molar-refractivity contribution in [3.8, 4) is 5.75 Å². The number of hydroxylamine groups is 1. The van der Waals surface area contributed by atoms with Crippen LogP contribution in [0.15, 0.2) is 42.5 Å². The zero-order valence-corrected chi connectivity index (χ0v) is 16.6. The monoisotopic (exact) mass is 418 g/mol. The Labute approximate surface area is 173 Å². The van der Waals surface area contributed by atoms with E-state index in [9.17, 15) is 18.4 Å². The summed E-state index contributed by atoms with van der Waals surface area (Å²) in [5.74, 6) is -1.70. The standard InChI is InChI=1S/C22H24F2N2O4/c1-30-20-14-15(6-11-19(20)24)13-18(16-7-9-17(23)10-8-16)22(28)25-12-4-2-3-5-21(27)26-29/h6-11,13-14,29H,2-5,12H2,1H3,(H,25,28)(H,26,27)/b18-13-. The van der Waals surface area contributed by atoms with Crippen LogP contribution in [0.2, 0.25) is 0 Å². The minimum Gasteiger partial charge on any atom is -0.494 e. The lowest BCUT2D eigenvalue weighted by Crippen LogP contribution is -2.25. The number of rotatable bonds is 10. The Bertz CT molecular complexity index is 899. The second-order valence-electron chi connectivity index (χ2n) is 6.56. The summed E-state index contributed by atoms with van der Waals surface area (Å²) in [6, 6.07) is 9.73. The number of hydrogen-bond donors (Lipinski definition) is 3. The van der Waals surface area contributed by atoms with Gasteiger partial charge in [0.1, 0.15) is 5.82 Å². The van der Waals surface area contributed by atoms with Gasteiger partial charge in [-0.25, -0.2) is 14.3 Å². The number of halogens is 2. The highest BCUT2D eigenvalue weighted by Crippen LogP contribution is 2.23. The van der Waals surface area contributed by atoms with Gasteiger partial charge in [0.15, 0.2) is 11.6 Å². The van der Waals surface area contributed by atoms with Crippen molar-refractivity contribution in [1.29, 1.82) is 0 Å². The molecule has 0 saturated carbocycles. The van der Waals surface area contributed by atoms with Gasteiger partial charge in [0.05, 0.1) is 7.11 Å². The van der Waals surface area contributed by atoms with E-state index in [2.05, 4.69) is 5.32 Å². The first kappa shape index (κ1) is 23.0. The fourth-order valence-corrected chi connectivity index (χ4v) is 2.78. The van der Waals surface area contributed by atoms with Gasteiger partial charge in [0.2, 0.25) is 5.91 Å². The molecule has 2 rings (SSSR count). The third kappa shape index (κ3) is 6.97. The van der Waals surface area contributed by atoms with Crippen molar-refractivity contribution in [3.63, 3.8) is 0 Å². The lowest BCUT2D eigenvalue weighted by Gasteiger charge is -2.11. The number of benzene rings is 2. The SMILES string of the molecule is COc1cc(/C=C(\C(=O)NCCCCCC(=O)NO)c2ccc(F)cc2)ccc1F. The molecule has 3 N–H and O–H groups in total. The summed E-state index contributed by atoms with van der Waals surface area (Å²) in [5.41, 5.74) is 2.93. The maximum Gasteiger partial charge on any atom is 0.251 e. The lowest BCUT2D eigenvalue weighted by atomic mass is 10.0. The zero-order valence-electron chi connectivity index (χ0n) is 16.6. The lowest BCUT2D eigenvalue weighted by molar-refractivity contribution is -0.129. The molecule has 8 heteroatoms. The fraction of sp³-hybridized carbons (Fsp3) is 0.273. The maximum atomic E-state index is 13.7. The van der Waals surface area contributed by atoms with Gasteiger partial charge in [-0.3, -0.25) is 14.8 Å². The first-order valence-electron chi connectivity index (χ1n) is 9.47. The Hall–Kier alpha value is -3.26. The smallest absolute Gasteiger partial charge is 0.251 e. The number of amides is 2. The highest BCUT2D eigenvalue weighted by Gasteiger charge is 2.13. The molecule has 0 bridgehead atoms. The van der Waals surface area contributed by atoms with Crippen LogP contribution in [0.4, 0.5) is 8.78 Å². The van der Waals surface area contributed by atoms with Crippen LogP contribution in [0.3, 0.4) is 0 Å². The van der Waals surface area contributed by atoms with Crippen molar-refractivity contribution in [2.45, 2.75) is 25.7 Å². The Balaban J connectivity index is 2.11. The predicted octanol–water partition coefficient (Wildman–Crippen LogP) is 3.70. The number of carbonyl (C=O) groups excluding carboxylic acids is 2. The molecule has 160 valence electrons. The Morgan fingerprint density at radius 3 is 2.47 bits per heavy atom. The molecule has 6 nitrogen and oxygen atoms in total. The number of ether oxygens (including phenoxy) is 1. The van der Waals surface area contributed by atoms with Crippen LogP contribution in [0.5, 0.6) is 5.75 Å². The van der Waals surface area contributed by atoms with Crippen molar-refractivity contribution in [3.05, 3.63) is 65.2 Å². The van der Waals surface area contributed by atoms with Gasteiger partial charge in [-0.15, -0.1) is 0 Å². The molecule has 0 saturated heterocycles. The summed E-state index contributed by atoms with van der Waals surface area (Å²) < 4.78 is 31.9. The largest absolute Gasteiger partial charge is 0.494 e. The first-order chi connectivity index (χ1) is 14.4. The summed E-state index contributed by atoms with van der Waals surface area (Å²) in [6.45, 7) is 0.380. The summed E-state index contributed by atoms with van der Waals surface area (Å²) in [4.78, 5) is 23.7. The van der Waals surface area contributed by atoms with E-state index in [1.54, 1.807) is 11.6 Å². The van der Waals surface area contributed by atoms with Crippen LogP contribution < -0.4 is 15.5 Å². The van der Waals surface area contributed by atoms with E-state index in [1.807, 2.05) is 0 Å². The van der Waals surface area contributed by atoms with Gasteiger partial charge in [-0.05, 0) is 54.3 Å². The van der Waals surface area contributed by atoms with Crippen molar-refractivity contribution in [1.82, 2.24) is 10.8 Å². The highest BCUT2D eigenvalue weighted by atomic mass is 19.1. The molecule has 0 fully saturated rings. The van der Waals surface area contributed by atoms with E-state index in [-0.39, 0.29) is 18.1 Å². The molecule has 0 radical (unpaired) electrons.